The summed E-state index contributed by atoms with van der Waals surface area (Å²) in [6.45, 7) is 3.86. The number of nitrogen functional groups attached to an aromatic ring is 1. The van der Waals surface area contributed by atoms with Gasteiger partial charge in [0.2, 0.25) is 0 Å². The summed E-state index contributed by atoms with van der Waals surface area (Å²) in [5, 5.41) is 2.99. The number of halogens is 1. The number of aryl methyl sites for hydroxylation is 1. The third-order valence-electron chi connectivity index (χ3n) is 3.22. The van der Waals surface area contributed by atoms with E-state index in [4.69, 9.17) is 5.73 Å². The molecular weight excluding hydrogens is 316 g/mol. The molecular formula is C16H17BrN2O. The van der Waals surface area contributed by atoms with Gasteiger partial charge in [-0.15, -0.1) is 0 Å². The van der Waals surface area contributed by atoms with Gasteiger partial charge < -0.3 is 11.1 Å². The predicted octanol–water partition coefficient (Wildman–Crippen LogP) is 3.83. The minimum atomic E-state index is -0.106. The highest BCUT2D eigenvalue weighted by Crippen LogP contribution is 2.18. The Balaban J connectivity index is 2.15. The van der Waals surface area contributed by atoms with Crippen molar-refractivity contribution in [2.75, 3.05) is 5.73 Å². The zero-order valence-electron chi connectivity index (χ0n) is 11.5. The van der Waals surface area contributed by atoms with E-state index in [0.29, 0.717) is 11.3 Å². The largest absolute Gasteiger partial charge is 0.399 e. The van der Waals surface area contributed by atoms with Crippen LogP contribution in [-0.2, 0) is 0 Å². The van der Waals surface area contributed by atoms with Gasteiger partial charge in [0.15, 0.2) is 0 Å². The highest BCUT2D eigenvalue weighted by molar-refractivity contribution is 9.10. The van der Waals surface area contributed by atoms with E-state index in [0.717, 1.165) is 15.6 Å². The standard InChI is InChI=1S/C16H17BrN2O/c1-10-3-8-14(18)9-15(10)16(20)19-11(2)12-4-6-13(17)7-5-12/h3-9,11H,18H2,1-2H3,(H,19,20)/t11-/m0/s1. The molecule has 104 valence electrons. The number of rotatable bonds is 3. The average molecular weight is 333 g/mol. The fourth-order valence-electron chi connectivity index (χ4n) is 1.99. The first-order chi connectivity index (χ1) is 9.47. The Labute approximate surface area is 127 Å². The lowest BCUT2D eigenvalue weighted by Gasteiger charge is -2.15. The van der Waals surface area contributed by atoms with Crippen molar-refractivity contribution in [3.8, 4) is 0 Å². The maximum atomic E-state index is 12.3. The molecule has 2 aromatic carbocycles. The molecule has 0 saturated heterocycles. The van der Waals surface area contributed by atoms with Crippen molar-refractivity contribution in [1.29, 1.82) is 0 Å². The SMILES string of the molecule is Cc1ccc(N)cc1C(=O)N[C@@H](C)c1ccc(Br)cc1. The van der Waals surface area contributed by atoms with Crippen LogP contribution in [-0.4, -0.2) is 5.91 Å². The molecule has 4 heteroatoms. The first kappa shape index (κ1) is 14.6. The monoisotopic (exact) mass is 332 g/mol. The average Bonchev–Trinajstić information content (AvgIpc) is 2.42. The second-order valence-electron chi connectivity index (χ2n) is 4.82. The van der Waals surface area contributed by atoms with Gasteiger partial charge in [-0.3, -0.25) is 4.79 Å². The lowest BCUT2D eigenvalue weighted by atomic mass is 10.1. The molecule has 0 unspecified atom stereocenters. The Hall–Kier alpha value is -1.81. The summed E-state index contributed by atoms with van der Waals surface area (Å²) < 4.78 is 1.02. The number of nitrogens with two attached hydrogens (primary N) is 1. The summed E-state index contributed by atoms with van der Waals surface area (Å²) in [5.41, 5.74) is 8.93. The van der Waals surface area contributed by atoms with Gasteiger partial charge in [0.25, 0.3) is 5.91 Å². The predicted molar refractivity (Wildman–Crippen MR) is 85.6 cm³/mol. The molecule has 0 saturated carbocycles. The van der Waals surface area contributed by atoms with Gasteiger partial charge in [-0.25, -0.2) is 0 Å². The number of amides is 1. The maximum Gasteiger partial charge on any atom is 0.252 e. The van der Waals surface area contributed by atoms with Crippen molar-refractivity contribution in [3.05, 3.63) is 63.6 Å². The maximum absolute atomic E-state index is 12.3. The van der Waals surface area contributed by atoms with Gasteiger partial charge in [-0.2, -0.15) is 0 Å². The molecule has 0 heterocycles. The summed E-state index contributed by atoms with van der Waals surface area (Å²) in [7, 11) is 0. The van der Waals surface area contributed by atoms with E-state index in [9.17, 15) is 4.79 Å². The van der Waals surface area contributed by atoms with Crippen molar-refractivity contribution < 1.29 is 4.79 Å². The molecule has 0 radical (unpaired) electrons. The summed E-state index contributed by atoms with van der Waals surface area (Å²) in [4.78, 5) is 12.3. The second kappa shape index (κ2) is 6.09. The third kappa shape index (κ3) is 3.39. The Morgan fingerprint density at radius 1 is 1.20 bits per heavy atom. The molecule has 3 nitrogen and oxygen atoms in total. The van der Waals surface area contributed by atoms with E-state index < -0.39 is 0 Å². The first-order valence-corrected chi connectivity index (χ1v) is 7.19. The van der Waals surface area contributed by atoms with Crippen LogP contribution >= 0.6 is 15.9 Å². The van der Waals surface area contributed by atoms with Crippen LogP contribution in [0.5, 0.6) is 0 Å². The molecule has 1 amide bonds. The van der Waals surface area contributed by atoms with E-state index in [1.54, 1.807) is 12.1 Å². The minimum absolute atomic E-state index is 0.0589. The molecule has 2 rings (SSSR count). The topological polar surface area (TPSA) is 55.1 Å². The number of anilines is 1. The fraction of sp³-hybridized carbons (Fsp3) is 0.188. The van der Waals surface area contributed by atoms with Crippen molar-refractivity contribution >= 4 is 27.5 Å². The van der Waals surface area contributed by atoms with Gasteiger partial charge in [0, 0.05) is 15.7 Å². The number of carbonyl (C=O) groups excluding carboxylic acids is 1. The Kier molecular flexibility index (Phi) is 4.45. The fourth-order valence-corrected chi connectivity index (χ4v) is 2.26. The highest BCUT2D eigenvalue weighted by Gasteiger charge is 2.13. The Morgan fingerprint density at radius 2 is 1.85 bits per heavy atom. The van der Waals surface area contributed by atoms with Gasteiger partial charge in [-0.1, -0.05) is 34.1 Å². The highest BCUT2D eigenvalue weighted by atomic mass is 79.9. The molecule has 0 aliphatic rings. The van der Waals surface area contributed by atoms with Crippen LogP contribution in [0.2, 0.25) is 0 Å². The zero-order chi connectivity index (χ0) is 14.7. The minimum Gasteiger partial charge on any atom is -0.399 e. The summed E-state index contributed by atoms with van der Waals surface area (Å²) in [5.74, 6) is -0.106. The molecule has 0 aliphatic heterocycles. The van der Waals surface area contributed by atoms with Crippen molar-refractivity contribution in [1.82, 2.24) is 5.32 Å². The van der Waals surface area contributed by atoms with E-state index in [-0.39, 0.29) is 11.9 Å². The number of carbonyl (C=O) groups is 1. The summed E-state index contributed by atoms with van der Waals surface area (Å²) in [6, 6.07) is 13.2. The molecule has 0 aliphatic carbocycles. The van der Waals surface area contributed by atoms with Crippen LogP contribution in [0.3, 0.4) is 0 Å². The quantitative estimate of drug-likeness (QED) is 0.839. The van der Waals surface area contributed by atoms with E-state index in [1.165, 1.54) is 0 Å². The summed E-state index contributed by atoms with van der Waals surface area (Å²) >= 11 is 3.40. The molecule has 0 aromatic heterocycles. The number of nitrogens with one attached hydrogen (secondary N) is 1. The van der Waals surface area contributed by atoms with Crippen LogP contribution < -0.4 is 11.1 Å². The smallest absolute Gasteiger partial charge is 0.252 e. The van der Waals surface area contributed by atoms with Gasteiger partial charge in [-0.05, 0) is 49.2 Å². The van der Waals surface area contributed by atoms with Gasteiger partial charge in [0.05, 0.1) is 6.04 Å². The van der Waals surface area contributed by atoms with E-state index in [1.807, 2.05) is 44.2 Å². The number of hydrogen-bond acceptors (Lipinski definition) is 2. The van der Waals surface area contributed by atoms with Gasteiger partial charge in [0.1, 0.15) is 0 Å². The lowest BCUT2D eigenvalue weighted by Crippen LogP contribution is -2.27. The number of hydrogen-bond donors (Lipinski definition) is 2. The zero-order valence-corrected chi connectivity index (χ0v) is 13.1. The number of benzene rings is 2. The molecule has 3 N–H and O–H groups in total. The third-order valence-corrected chi connectivity index (χ3v) is 3.75. The van der Waals surface area contributed by atoms with Crippen LogP contribution in [0.4, 0.5) is 5.69 Å². The van der Waals surface area contributed by atoms with Crippen molar-refractivity contribution in [3.63, 3.8) is 0 Å². The molecule has 20 heavy (non-hydrogen) atoms. The van der Waals surface area contributed by atoms with E-state index in [2.05, 4.69) is 21.2 Å². The van der Waals surface area contributed by atoms with Crippen LogP contribution in [0.25, 0.3) is 0 Å². The molecule has 0 fully saturated rings. The van der Waals surface area contributed by atoms with Gasteiger partial charge >= 0.3 is 0 Å². The molecule has 0 spiro atoms. The van der Waals surface area contributed by atoms with Crippen LogP contribution in [0.15, 0.2) is 46.9 Å². The molecule has 2 aromatic rings. The Morgan fingerprint density at radius 3 is 2.50 bits per heavy atom. The summed E-state index contributed by atoms with van der Waals surface area (Å²) in [6.07, 6.45) is 0. The molecule has 0 bridgehead atoms. The second-order valence-corrected chi connectivity index (χ2v) is 5.74. The van der Waals surface area contributed by atoms with Crippen molar-refractivity contribution in [2.45, 2.75) is 19.9 Å². The van der Waals surface area contributed by atoms with E-state index >= 15 is 0 Å². The normalized spacial score (nSPS) is 11.9. The van der Waals surface area contributed by atoms with Crippen LogP contribution in [0, 0.1) is 6.92 Å². The van der Waals surface area contributed by atoms with Crippen molar-refractivity contribution in [2.24, 2.45) is 0 Å². The first-order valence-electron chi connectivity index (χ1n) is 6.40. The lowest BCUT2D eigenvalue weighted by molar-refractivity contribution is 0.0939. The Bertz CT molecular complexity index is 623. The van der Waals surface area contributed by atoms with Crippen LogP contribution in [0.1, 0.15) is 34.5 Å². The molecule has 1 atom stereocenters.